The molecule has 3 rings (SSSR count). The van der Waals surface area contributed by atoms with Gasteiger partial charge in [0.2, 0.25) is 5.91 Å². The third-order valence-electron chi connectivity index (χ3n) is 5.20. The van der Waals surface area contributed by atoms with Gasteiger partial charge in [0.05, 0.1) is 44.1 Å². The highest BCUT2D eigenvalue weighted by molar-refractivity contribution is 5.81. The summed E-state index contributed by atoms with van der Waals surface area (Å²) in [6.07, 6.45) is 2.32. The molecule has 3 aromatic rings. The van der Waals surface area contributed by atoms with Gasteiger partial charge in [-0.15, -0.1) is 0 Å². The van der Waals surface area contributed by atoms with Crippen LogP contribution in [-0.4, -0.2) is 36.3 Å². The molecule has 0 fully saturated rings. The van der Waals surface area contributed by atoms with Crippen molar-refractivity contribution in [2.75, 3.05) is 20.8 Å². The highest BCUT2D eigenvalue weighted by Gasteiger charge is 2.13. The molecule has 0 aliphatic rings. The fraction of sp³-hybridized carbons (Fsp3) is 0.375. The van der Waals surface area contributed by atoms with Crippen LogP contribution in [0.25, 0.3) is 10.9 Å². The highest BCUT2D eigenvalue weighted by atomic mass is 16.5. The first-order valence-corrected chi connectivity index (χ1v) is 10.6. The average Bonchev–Trinajstić information content (AvgIpc) is 2.80. The molecule has 0 saturated heterocycles. The lowest BCUT2D eigenvalue weighted by molar-refractivity contribution is -0.121. The molecular formula is C24H29N3O5. The number of carbonyl (C=O) groups is 1. The molecule has 0 aliphatic carbocycles. The van der Waals surface area contributed by atoms with E-state index in [-0.39, 0.29) is 17.5 Å². The predicted octanol–water partition coefficient (Wildman–Crippen LogP) is 3.47. The minimum Gasteiger partial charge on any atom is -0.494 e. The minimum atomic E-state index is -0.181. The Bertz CT molecular complexity index is 1120. The van der Waals surface area contributed by atoms with Crippen molar-refractivity contribution < 1.29 is 19.0 Å². The summed E-state index contributed by atoms with van der Waals surface area (Å²) in [4.78, 5) is 29.5. The number of ether oxygens (including phenoxy) is 3. The van der Waals surface area contributed by atoms with Crippen molar-refractivity contribution in [3.8, 4) is 17.2 Å². The van der Waals surface area contributed by atoms with E-state index in [1.807, 2.05) is 38.1 Å². The third kappa shape index (κ3) is 5.38. The van der Waals surface area contributed by atoms with Crippen LogP contribution in [0.5, 0.6) is 17.2 Å². The van der Waals surface area contributed by atoms with E-state index in [9.17, 15) is 9.59 Å². The van der Waals surface area contributed by atoms with Crippen molar-refractivity contribution in [1.29, 1.82) is 0 Å². The summed E-state index contributed by atoms with van der Waals surface area (Å²) in [5, 5.41) is 3.44. The van der Waals surface area contributed by atoms with E-state index < -0.39 is 0 Å². The van der Waals surface area contributed by atoms with E-state index in [2.05, 4.69) is 10.3 Å². The smallest absolute Gasteiger partial charge is 0.261 e. The molecule has 0 radical (unpaired) electrons. The van der Waals surface area contributed by atoms with Crippen molar-refractivity contribution >= 4 is 16.8 Å². The fourth-order valence-electron chi connectivity index (χ4n) is 3.47. The fourth-order valence-corrected chi connectivity index (χ4v) is 3.47. The first kappa shape index (κ1) is 23.1. The second kappa shape index (κ2) is 10.7. The Labute approximate surface area is 187 Å². The van der Waals surface area contributed by atoms with Crippen molar-refractivity contribution in [1.82, 2.24) is 14.9 Å². The number of rotatable bonds is 10. The summed E-state index contributed by atoms with van der Waals surface area (Å²) in [6, 6.07) is 10.9. The summed E-state index contributed by atoms with van der Waals surface area (Å²) in [6.45, 7) is 4.88. The quantitative estimate of drug-likeness (QED) is 0.520. The number of aromatic nitrogens is 2. The number of hydrogen-bond acceptors (Lipinski definition) is 6. The number of aryl methyl sites for hydroxylation is 1. The summed E-state index contributed by atoms with van der Waals surface area (Å²) in [5.41, 5.74) is 1.35. The number of fused-ring (bicyclic) bond motifs is 1. The lowest BCUT2D eigenvalue weighted by atomic mass is 10.1. The Balaban J connectivity index is 1.59. The van der Waals surface area contributed by atoms with Gasteiger partial charge in [-0.25, -0.2) is 4.98 Å². The lowest BCUT2D eigenvalue weighted by Crippen LogP contribution is -2.27. The van der Waals surface area contributed by atoms with Crippen molar-refractivity contribution in [3.05, 3.63) is 58.6 Å². The van der Waals surface area contributed by atoms with E-state index in [1.165, 1.54) is 25.1 Å². The number of methoxy groups -OCH3 is 2. The first-order valence-electron chi connectivity index (χ1n) is 10.6. The molecule has 0 bridgehead atoms. The van der Waals surface area contributed by atoms with E-state index in [0.29, 0.717) is 48.4 Å². The van der Waals surface area contributed by atoms with Gasteiger partial charge in [-0.05, 0) is 44.0 Å². The molecule has 1 unspecified atom stereocenters. The summed E-state index contributed by atoms with van der Waals surface area (Å²) >= 11 is 0. The lowest BCUT2D eigenvalue weighted by Gasteiger charge is -2.15. The maximum atomic E-state index is 12.8. The Hall–Kier alpha value is -3.55. The molecule has 0 spiro atoms. The summed E-state index contributed by atoms with van der Waals surface area (Å²) in [5.74, 6) is 1.72. The van der Waals surface area contributed by atoms with Gasteiger partial charge in [0.15, 0.2) is 11.5 Å². The second-order valence-electron chi connectivity index (χ2n) is 7.36. The van der Waals surface area contributed by atoms with E-state index in [4.69, 9.17) is 14.2 Å². The monoisotopic (exact) mass is 439 g/mol. The van der Waals surface area contributed by atoms with Gasteiger partial charge in [-0.1, -0.05) is 12.1 Å². The predicted molar refractivity (Wildman–Crippen MR) is 123 cm³/mol. The standard InChI is InChI=1S/C24H29N3O5/c1-5-32-18-10-8-17(9-11-18)16(2)26-23(28)7-6-12-27-15-25-20-14-22(31-4)21(30-3)13-19(20)24(27)29/h8-11,13-16H,5-7,12H2,1-4H3,(H,26,28). The normalized spacial score (nSPS) is 11.8. The Kier molecular flexibility index (Phi) is 7.70. The van der Waals surface area contributed by atoms with Gasteiger partial charge in [-0.2, -0.15) is 0 Å². The molecule has 1 aromatic heterocycles. The molecule has 0 aliphatic heterocycles. The highest BCUT2D eigenvalue weighted by Crippen LogP contribution is 2.29. The van der Waals surface area contributed by atoms with Crippen molar-refractivity contribution in [3.63, 3.8) is 0 Å². The van der Waals surface area contributed by atoms with E-state index >= 15 is 0 Å². The van der Waals surface area contributed by atoms with E-state index in [1.54, 1.807) is 12.1 Å². The molecule has 32 heavy (non-hydrogen) atoms. The number of hydrogen-bond donors (Lipinski definition) is 1. The van der Waals surface area contributed by atoms with Crippen LogP contribution in [0.4, 0.5) is 0 Å². The zero-order chi connectivity index (χ0) is 23.1. The van der Waals surface area contributed by atoms with Crippen molar-refractivity contribution in [2.45, 2.75) is 39.3 Å². The molecule has 1 atom stereocenters. The molecule has 0 saturated carbocycles. The van der Waals surface area contributed by atoms with Crippen LogP contribution in [0, 0.1) is 0 Å². The Morgan fingerprint density at radius 3 is 2.47 bits per heavy atom. The van der Waals surface area contributed by atoms with Crippen LogP contribution in [0.15, 0.2) is 47.5 Å². The second-order valence-corrected chi connectivity index (χ2v) is 7.36. The van der Waals surface area contributed by atoms with Crippen LogP contribution in [-0.2, 0) is 11.3 Å². The molecule has 8 nitrogen and oxygen atoms in total. The maximum Gasteiger partial charge on any atom is 0.261 e. The summed E-state index contributed by atoms with van der Waals surface area (Å²) in [7, 11) is 3.05. The first-order chi connectivity index (χ1) is 15.5. The van der Waals surface area contributed by atoms with Gasteiger partial charge >= 0.3 is 0 Å². The van der Waals surface area contributed by atoms with Gasteiger partial charge < -0.3 is 19.5 Å². The molecular weight excluding hydrogens is 410 g/mol. The average molecular weight is 440 g/mol. The molecule has 1 heterocycles. The largest absolute Gasteiger partial charge is 0.494 e. The Morgan fingerprint density at radius 2 is 1.81 bits per heavy atom. The topological polar surface area (TPSA) is 91.7 Å². The summed E-state index contributed by atoms with van der Waals surface area (Å²) < 4.78 is 17.5. The number of nitrogens with one attached hydrogen (secondary N) is 1. The van der Waals surface area contributed by atoms with Crippen LogP contribution < -0.4 is 25.1 Å². The Morgan fingerprint density at radius 1 is 1.12 bits per heavy atom. The zero-order valence-corrected chi connectivity index (χ0v) is 18.9. The molecule has 1 N–H and O–H groups in total. The zero-order valence-electron chi connectivity index (χ0n) is 18.9. The molecule has 2 aromatic carbocycles. The molecule has 8 heteroatoms. The minimum absolute atomic E-state index is 0.0698. The van der Waals surface area contributed by atoms with Crippen LogP contribution in [0.3, 0.4) is 0 Å². The van der Waals surface area contributed by atoms with Gasteiger partial charge in [-0.3, -0.25) is 14.2 Å². The number of benzene rings is 2. The third-order valence-corrected chi connectivity index (χ3v) is 5.20. The van der Waals surface area contributed by atoms with Crippen molar-refractivity contribution in [2.24, 2.45) is 0 Å². The van der Waals surface area contributed by atoms with Gasteiger partial charge in [0, 0.05) is 19.0 Å². The van der Waals surface area contributed by atoms with E-state index in [0.717, 1.165) is 11.3 Å². The van der Waals surface area contributed by atoms with Crippen LogP contribution >= 0.6 is 0 Å². The molecule has 170 valence electrons. The van der Waals surface area contributed by atoms with Crippen LogP contribution in [0.2, 0.25) is 0 Å². The van der Waals surface area contributed by atoms with Gasteiger partial charge in [0.25, 0.3) is 5.56 Å². The maximum absolute atomic E-state index is 12.8. The SMILES string of the molecule is CCOc1ccc(C(C)NC(=O)CCCn2cnc3cc(OC)c(OC)cc3c2=O)cc1. The number of amides is 1. The van der Waals surface area contributed by atoms with Gasteiger partial charge in [0.1, 0.15) is 5.75 Å². The molecule has 1 amide bonds. The number of nitrogens with zero attached hydrogens (tertiary/aromatic N) is 2. The van der Waals surface area contributed by atoms with Crippen LogP contribution in [0.1, 0.15) is 38.3 Å². The number of carbonyl (C=O) groups excluding carboxylic acids is 1.